The first-order chi connectivity index (χ1) is 9.56. The monoisotopic (exact) mass is 294 g/mol. The van der Waals surface area contributed by atoms with E-state index in [2.05, 4.69) is 28.9 Å². The van der Waals surface area contributed by atoms with Crippen molar-refractivity contribution >= 4 is 17.4 Å². The molecular weight excluding hydrogens is 272 g/mol. The van der Waals surface area contributed by atoms with Gasteiger partial charge in [-0.05, 0) is 52.7 Å². The van der Waals surface area contributed by atoms with E-state index in [4.69, 9.17) is 16.6 Å². The molecule has 110 valence electrons. The molecule has 0 atom stereocenters. The normalized spacial score (nSPS) is 21.2. The third-order valence-electron chi connectivity index (χ3n) is 4.59. The maximum Gasteiger partial charge on any atom is 0.137 e. The topological polar surface area (TPSA) is 32.3 Å². The minimum atomic E-state index is 0.540. The summed E-state index contributed by atoms with van der Waals surface area (Å²) < 4.78 is 0. The molecular formula is C15H23ClN4. The number of rotatable bonds is 3. The van der Waals surface area contributed by atoms with Gasteiger partial charge in [-0.3, -0.25) is 0 Å². The fourth-order valence-electron chi connectivity index (χ4n) is 2.92. The highest BCUT2D eigenvalue weighted by atomic mass is 35.5. The molecule has 3 rings (SSSR count). The van der Waals surface area contributed by atoms with Crippen LogP contribution in [0.3, 0.4) is 0 Å². The van der Waals surface area contributed by atoms with Gasteiger partial charge in [0.2, 0.25) is 0 Å². The van der Waals surface area contributed by atoms with Crippen molar-refractivity contribution in [1.82, 2.24) is 14.9 Å². The molecule has 0 amide bonds. The van der Waals surface area contributed by atoms with Crippen molar-refractivity contribution in [3.05, 3.63) is 16.5 Å². The minimum absolute atomic E-state index is 0.540. The van der Waals surface area contributed by atoms with Crippen LogP contribution in [0.5, 0.6) is 0 Å². The van der Waals surface area contributed by atoms with Crippen molar-refractivity contribution in [2.45, 2.75) is 44.6 Å². The first-order valence-corrected chi connectivity index (χ1v) is 7.89. The third kappa shape index (κ3) is 2.77. The molecule has 2 heterocycles. The van der Waals surface area contributed by atoms with Crippen LogP contribution >= 0.6 is 11.6 Å². The molecule has 2 aliphatic rings. The van der Waals surface area contributed by atoms with Gasteiger partial charge in [0.15, 0.2) is 0 Å². The van der Waals surface area contributed by atoms with Crippen LogP contribution in [0.1, 0.15) is 43.0 Å². The predicted molar refractivity (Wildman–Crippen MR) is 82.7 cm³/mol. The van der Waals surface area contributed by atoms with Gasteiger partial charge in [-0.2, -0.15) is 0 Å². The summed E-state index contributed by atoms with van der Waals surface area (Å²) in [6.45, 7) is 4.34. The van der Waals surface area contributed by atoms with Crippen LogP contribution in [0.25, 0.3) is 0 Å². The second-order valence-corrected chi connectivity index (χ2v) is 6.60. The van der Waals surface area contributed by atoms with Crippen molar-refractivity contribution in [3.8, 4) is 0 Å². The average molecular weight is 295 g/mol. The molecule has 0 N–H and O–H groups in total. The van der Waals surface area contributed by atoms with E-state index in [9.17, 15) is 0 Å². The summed E-state index contributed by atoms with van der Waals surface area (Å²) in [5, 5.41) is 0.622. The lowest BCUT2D eigenvalue weighted by molar-refractivity contribution is 0.252. The van der Waals surface area contributed by atoms with E-state index >= 15 is 0 Å². The van der Waals surface area contributed by atoms with Gasteiger partial charge in [0.05, 0.1) is 0 Å². The highest BCUT2D eigenvalue weighted by Gasteiger charge is 2.30. The molecule has 0 unspecified atom stereocenters. The Kier molecular flexibility index (Phi) is 3.87. The molecule has 0 spiro atoms. The standard InChI is InChI=1S/C15H23ClN4/c1-10-13(16)17-14(11-4-5-11)18-15(10)20(3)12-6-8-19(2)9-7-12/h11-12H,4-9H2,1-3H3. The molecule has 2 fully saturated rings. The number of hydrogen-bond donors (Lipinski definition) is 0. The summed E-state index contributed by atoms with van der Waals surface area (Å²) in [6.07, 6.45) is 4.78. The molecule has 1 saturated carbocycles. The van der Waals surface area contributed by atoms with E-state index in [0.717, 1.165) is 30.3 Å². The third-order valence-corrected chi connectivity index (χ3v) is 4.96. The molecule has 0 bridgehead atoms. The van der Waals surface area contributed by atoms with Crippen molar-refractivity contribution in [2.24, 2.45) is 0 Å². The Morgan fingerprint density at radius 2 is 1.80 bits per heavy atom. The number of aromatic nitrogens is 2. The summed E-state index contributed by atoms with van der Waals surface area (Å²) in [4.78, 5) is 14.0. The molecule has 1 aromatic heterocycles. The first kappa shape index (κ1) is 14.1. The molecule has 20 heavy (non-hydrogen) atoms. The van der Waals surface area contributed by atoms with Crippen molar-refractivity contribution < 1.29 is 0 Å². The Hall–Kier alpha value is -0.870. The van der Waals surface area contributed by atoms with Crippen LogP contribution in [0.15, 0.2) is 0 Å². The van der Waals surface area contributed by atoms with E-state index in [1.54, 1.807) is 0 Å². The Bertz CT molecular complexity index is 493. The van der Waals surface area contributed by atoms with E-state index in [-0.39, 0.29) is 0 Å². The maximum absolute atomic E-state index is 6.31. The molecule has 1 aliphatic heterocycles. The Balaban J connectivity index is 1.84. The van der Waals surface area contributed by atoms with Gasteiger partial charge in [-0.1, -0.05) is 11.6 Å². The summed E-state index contributed by atoms with van der Waals surface area (Å²) in [5.41, 5.74) is 1.01. The van der Waals surface area contributed by atoms with Crippen molar-refractivity contribution in [3.63, 3.8) is 0 Å². The van der Waals surface area contributed by atoms with Crippen LogP contribution in [0, 0.1) is 6.92 Å². The maximum atomic E-state index is 6.31. The van der Waals surface area contributed by atoms with Crippen LogP contribution in [0.4, 0.5) is 5.82 Å². The smallest absolute Gasteiger partial charge is 0.137 e. The summed E-state index contributed by atoms with van der Waals surface area (Å²) >= 11 is 6.31. The van der Waals surface area contributed by atoms with Crippen LogP contribution in [0.2, 0.25) is 5.15 Å². The largest absolute Gasteiger partial charge is 0.356 e. The minimum Gasteiger partial charge on any atom is -0.356 e. The van der Waals surface area contributed by atoms with Gasteiger partial charge < -0.3 is 9.80 Å². The molecule has 5 heteroatoms. The zero-order valence-corrected chi connectivity index (χ0v) is 13.3. The van der Waals surface area contributed by atoms with Crippen molar-refractivity contribution in [2.75, 3.05) is 32.1 Å². The highest BCUT2D eigenvalue weighted by molar-refractivity contribution is 6.30. The Morgan fingerprint density at radius 3 is 2.40 bits per heavy atom. The lowest BCUT2D eigenvalue weighted by Gasteiger charge is -2.36. The quantitative estimate of drug-likeness (QED) is 0.803. The van der Waals surface area contributed by atoms with E-state index < -0.39 is 0 Å². The van der Waals surface area contributed by atoms with Gasteiger partial charge in [0.25, 0.3) is 0 Å². The number of likely N-dealkylation sites (tertiary alicyclic amines) is 1. The first-order valence-electron chi connectivity index (χ1n) is 7.51. The van der Waals surface area contributed by atoms with Crippen LogP contribution in [-0.2, 0) is 0 Å². The summed E-state index contributed by atoms with van der Waals surface area (Å²) in [5.74, 6) is 2.51. The second-order valence-electron chi connectivity index (χ2n) is 6.24. The van der Waals surface area contributed by atoms with E-state index in [1.807, 2.05) is 6.92 Å². The number of piperidine rings is 1. The van der Waals surface area contributed by atoms with Gasteiger partial charge in [-0.15, -0.1) is 0 Å². The number of anilines is 1. The lowest BCUT2D eigenvalue weighted by atomic mass is 10.0. The van der Waals surface area contributed by atoms with E-state index in [1.165, 1.54) is 25.7 Å². The van der Waals surface area contributed by atoms with Crippen LogP contribution in [-0.4, -0.2) is 48.1 Å². The van der Waals surface area contributed by atoms with Crippen molar-refractivity contribution in [1.29, 1.82) is 0 Å². The number of hydrogen-bond acceptors (Lipinski definition) is 4. The predicted octanol–water partition coefficient (Wildman–Crippen LogP) is 2.85. The Morgan fingerprint density at radius 1 is 1.15 bits per heavy atom. The van der Waals surface area contributed by atoms with Gasteiger partial charge in [0.1, 0.15) is 16.8 Å². The summed E-state index contributed by atoms with van der Waals surface area (Å²) in [6, 6.07) is 0.558. The van der Waals surface area contributed by atoms with E-state index in [0.29, 0.717) is 17.1 Å². The molecule has 1 aromatic rings. The van der Waals surface area contributed by atoms with Gasteiger partial charge in [0, 0.05) is 24.6 Å². The zero-order valence-electron chi connectivity index (χ0n) is 12.6. The fourth-order valence-corrected chi connectivity index (χ4v) is 3.09. The number of nitrogens with zero attached hydrogens (tertiary/aromatic N) is 4. The zero-order chi connectivity index (χ0) is 14.3. The lowest BCUT2D eigenvalue weighted by Crippen LogP contribution is -2.42. The van der Waals surface area contributed by atoms with Gasteiger partial charge in [-0.25, -0.2) is 9.97 Å². The molecule has 4 nitrogen and oxygen atoms in total. The fraction of sp³-hybridized carbons (Fsp3) is 0.733. The highest BCUT2D eigenvalue weighted by Crippen LogP contribution is 2.40. The SMILES string of the molecule is Cc1c(Cl)nc(C2CC2)nc1N(C)C1CCN(C)CC1. The van der Waals surface area contributed by atoms with Crippen LogP contribution < -0.4 is 4.90 Å². The second kappa shape index (κ2) is 5.49. The molecule has 0 aromatic carbocycles. The summed E-state index contributed by atoms with van der Waals surface area (Å²) in [7, 11) is 4.34. The number of halogens is 1. The molecule has 1 aliphatic carbocycles. The molecule has 1 saturated heterocycles. The van der Waals surface area contributed by atoms with Gasteiger partial charge >= 0.3 is 0 Å². The average Bonchev–Trinajstić information content (AvgIpc) is 3.26. The molecule has 0 radical (unpaired) electrons. The Labute approximate surface area is 126 Å².